The van der Waals surface area contributed by atoms with E-state index < -0.39 is 0 Å². The van der Waals surface area contributed by atoms with Gasteiger partial charge >= 0.3 is 0 Å². The van der Waals surface area contributed by atoms with Gasteiger partial charge < -0.3 is 4.74 Å². The number of hydrogen-bond donors (Lipinski definition) is 0. The highest BCUT2D eigenvalue weighted by molar-refractivity contribution is 7.99. The van der Waals surface area contributed by atoms with Crippen molar-refractivity contribution < 1.29 is 4.74 Å². The van der Waals surface area contributed by atoms with Crippen LogP contribution in [0, 0.1) is 0 Å². The van der Waals surface area contributed by atoms with Crippen molar-refractivity contribution in [3.05, 3.63) is 84.7 Å². The molecule has 0 atom stereocenters. The molecule has 0 saturated carbocycles. The van der Waals surface area contributed by atoms with Crippen LogP contribution in [0.25, 0.3) is 17.1 Å². The van der Waals surface area contributed by atoms with Crippen LogP contribution >= 0.6 is 11.8 Å². The molecule has 5 nitrogen and oxygen atoms in total. The van der Waals surface area contributed by atoms with Gasteiger partial charge in [-0.1, -0.05) is 54.2 Å². The summed E-state index contributed by atoms with van der Waals surface area (Å²) < 4.78 is 7.67. The van der Waals surface area contributed by atoms with E-state index in [0.717, 1.165) is 53.0 Å². The molecule has 152 valence electrons. The molecule has 0 bridgehead atoms. The van der Waals surface area contributed by atoms with Gasteiger partial charge in [0, 0.05) is 23.7 Å². The van der Waals surface area contributed by atoms with Crippen molar-refractivity contribution in [1.29, 1.82) is 0 Å². The minimum atomic E-state index is 0.763. The third kappa shape index (κ3) is 4.71. The lowest BCUT2D eigenvalue weighted by Gasteiger charge is -2.13. The number of aromatic nitrogens is 4. The molecule has 0 fully saturated rings. The summed E-state index contributed by atoms with van der Waals surface area (Å²) in [6.07, 6.45) is 6.93. The van der Waals surface area contributed by atoms with Gasteiger partial charge in [-0.05, 0) is 49.1 Å². The predicted octanol–water partition coefficient (Wildman–Crippen LogP) is 5.45. The number of methoxy groups -OCH3 is 1. The van der Waals surface area contributed by atoms with E-state index >= 15 is 0 Å². The van der Waals surface area contributed by atoms with Crippen molar-refractivity contribution in [1.82, 2.24) is 19.7 Å². The van der Waals surface area contributed by atoms with Crippen molar-refractivity contribution >= 4 is 11.8 Å². The van der Waals surface area contributed by atoms with Crippen LogP contribution in [0.2, 0.25) is 0 Å². The summed E-state index contributed by atoms with van der Waals surface area (Å²) in [6.45, 7) is 0. The highest BCUT2D eigenvalue weighted by Crippen LogP contribution is 2.32. The molecule has 0 spiro atoms. The zero-order valence-electron chi connectivity index (χ0n) is 16.9. The molecule has 0 N–H and O–H groups in total. The highest BCUT2D eigenvalue weighted by atomic mass is 32.2. The van der Waals surface area contributed by atoms with Gasteiger partial charge in [-0.15, -0.1) is 10.2 Å². The van der Waals surface area contributed by atoms with Crippen molar-refractivity contribution in [2.75, 3.05) is 12.9 Å². The number of hydrogen-bond acceptors (Lipinski definition) is 5. The summed E-state index contributed by atoms with van der Waals surface area (Å²) in [4.78, 5) is 4.24. The van der Waals surface area contributed by atoms with E-state index in [1.54, 1.807) is 25.1 Å². The second-order valence-corrected chi connectivity index (χ2v) is 7.91. The SMILES string of the molecule is COc1ccccc1-n1c(SCCCCc2ccccc2)nnc1-c1cccnc1. The van der Waals surface area contributed by atoms with Crippen LogP contribution in [0.4, 0.5) is 0 Å². The maximum absolute atomic E-state index is 5.61. The first-order chi connectivity index (χ1) is 14.9. The minimum Gasteiger partial charge on any atom is -0.495 e. The second-order valence-electron chi connectivity index (χ2n) is 6.85. The van der Waals surface area contributed by atoms with Gasteiger partial charge in [-0.25, -0.2) is 0 Å². The fraction of sp³-hybridized carbons (Fsp3) is 0.208. The standard InChI is InChI=1S/C24H24N4OS/c1-29-22-15-6-5-14-21(22)28-23(20-13-9-16-25-18-20)26-27-24(28)30-17-8-7-12-19-10-3-2-4-11-19/h2-6,9-11,13-16,18H,7-8,12,17H2,1H3. The lowest BCUT2D eigenvalue weighted by molar-refractivity contribution is 0.412. The van der Waals surface area contributed by atoms with Crippen LogP contribution in [-0.2, 0) is 6.42 Å². The molecule has 30 heavy (non-hydrogen) atoms. The second kappa shape index (κ2) is 10.1. The average Bonchev–Trinajstić information content (AvgIpc) is 3.23. The Balaban J connectivity index is 1.53. The summed E-state index contributed by atoms with van der Waals surface area (Å²) in [6, 6.07) is 22.5. The van der Waals surface area contributed by atoms with Crippen molar-refractivity contribution in [3.8, 4) is 22.8 Å². The first-order valence-corrected chi connectivity index (χ1v) is 11.0. The molecule has 0 aliphatic carbocycles. The Morgan fingerprint density at radius 3 is 2.53 bits per heavy atom. The molecular formula is C24H24N4OS. The van der Waals surface area contributed by atoms with Crippen LogP contribution in [-0.4, -0.2) is 32.6 Å². The van der Waals surface area contributed by atoms with Crippen molar-refractivity contribution in [3.63, 3.8) is 0 Å². The largest absolute Gasteiger partial charge is 0.495 e. The average molecular weight is 417 g/mol. The van der Waals surface area contributed by atoms with Crippen molar-refractivity contribution in [2.45, 2.75) is 24.4 Å². The molecule has 0 aliphatic rings. The summed E-state index contributed by atoms with van der Waals surface area (Å²) >= 11 is 1.73. The fourth-order valence-corrected chi connectivity index (χ4v) is 4.26. The van der Waals surface area contributed by atoms with Crippen LogP contribution in [0.1, 0.15) is 18.4 Å². The summed E-state index contributed by atoms with van der Waals surface area (Å²) in [5.74, 6) is 2.53. The van der Waals surface area contributed by atoms with Gasteiger partial charge in [0.15, 0.2) is 11.0 Å². The molecule has 0 aliphatic heterocycles. The third-order valence-corrected chi connectivity index (χ3v) is 5.83. The zero-order valence-corrected chi connectivity index (χ0v) is 17.8. The maximum atomic E-state index is 5.61. The fourth-order valence-electron chi connectivity index (χ4n) is 3.32. The number of aryl methyl sites for hydroxylation is 1. The Morgan fingerprint density at radius 2 is 1.73 bits per heavy atom. The topological polar surface area (TPSA) is 52.8 Å². The number of ether oxygens (including phenoxy) is 1. The van der Waals surface area contributed by atoms with Gasteiger partial charge in [-0.3, -0.25) is 9.55 Å². The summed E-state index contributed by atoms with van der Waals surface area (Å²) in [5, 5.41) is 9.83. The van der Waals surface area contributed by atoms with Crippen molar-refractivity contribution in [2.24, 2.45) is 0 Å². The Kier molecular flexibility index (Phi) is 6.77. The van der Waals surface area contributed by atoms with E-state index in [2.05, 4.69) is 50.1 Å². The molecule has 2 aromatic carbocycles. The third-order valence-electron chi connectivity index (χ3n) is 4.81. The molecule has 4 rings (SSSR count). The molecule has 6 heteroatoms. The van der Waals surface area contributed by atoms with Crippen LogP contribution in [0.15, 0.2) is 84.3 Å². The summed E-state index contributed by atoms with van der Waals surface area (Å²) in [7, 11) is 1.68. The number of benzene rings is 2. The normalized spacial score (nSPS) is 10.8. The predicted molar refractivity (Wildman–Crippen MR) is 121 cm³/mol. The summed E-state index contributed by atoms with van der Waals surface area (Å²) in [5.41, 5.74) is 3.24. The lowest BCUT2D eigenvalue weighted by atomic mass is 10.1. The van der Waals surface area contributed by atoms with E-state index in [4.69, 9.17) is 4.74 Å². The van der Waals surface area contributed by atoms with E-state index in [0.29, 0.717) is 0 Å². The Bertz CT molecular complexity index is 1070. The van der Waals surface area contributed by atoms with E-state index in [1.165, 1.54) is 5.56 Å². The van der Waals surface area contributed by atoms with Gasteiger partial charge in [-0.2, -0.15) is 0 Å². The number of rotatable bonds is 9. The molecule has 0 radical (unpaired) electrons. The number of nitrogens with zero attached hydrogens (tertiary/aromatic N) is 4. The molecule has 0 saturated heterocycles. The Hall–Kier alpha value is -3.12. The molecule has 0 unspecified atom stereocenters. The first kappa shape index (κ1) is 20.2. The van der Waals surface area contributed by atoms with E-state index in [1.807, 2.05) is 42.6 Å². The molecular weight excluding hydrogens is 392 g/mol. The van der Waals surface area contributed by atoms with Gasteiger partial charge in [0.05, 0.1) is 12.8 Å². The van der Waals surface area contributed by atoms with Gasteiger partial charge in [0.2, 0.25) is 0 Å². The molecule has 0 amide bonds. The highest BCUT2D eigenvalue weighted by Gasteiger charge is 2.18. The molecule has 4 aromatic rings. The smallest absolute Gasteiger partial charge is 0.196 e. The van der Waals surface area contributed by atoms with Crippen LogP contribution < -0.4 is 4.74 Å². The van der Waals surface area contributed by atoms with E-state index in [9.17, 15) is 0 Å². The Morgan fingerprint density at radius 1 is 0.900 bits per heavy atom. The van der Waals surface area contributed by atoms with Crippen LogP contribution in [0.3, 0.4) is 0 Å². The lowest BCUT2D eigenvalue weighted by Crippen LogP contribution is -2.02. The maximum Gasteiger partial charge on any atom is 0.196 e. The number of pyridine rings is 1. The van der Waals surface area contributed by atoms with Gasteiger partial charge in [0.25, 0.3) is 0 Å². The van der Waals surface area contributed by atoms with Crippen LogP contribution in [0.5, 0.6) is 5.75 Å². The monoisotopic (exact) mass is 416 g/mol. The Labute approximate surface area is 181 Å². The quantitative estimate of drug-likeness (QED) is 0.268. The first-order valence-electron chi connectivity index (χ1n) is 10.0. The number of para-hydroxylation sites is 2. The number of thioether (sulfide) groups is 1. The number of unbranched alkanes of at least 4 members (excludes halogenated alkanes) is 1. The molecule has 2 heterocycles. The molecule has 2 aromatic heterocycles. The van der Waals surface area contributed by atoms with Gasteiger partial charge in [0.1, 0.15) is 5.75 Å². The zero-order chi connectivity index (χ0) is 20.6. The van der Waals surface area contributed by atoms with E-state index in [-0.39, 0.29) is 0 Å². The minimum absolute atomic E-state index is 0.763.